The highest BCUT2D eigenvalue weighted by atomic mass is 32.1. The van der Waals surface area contributed by atoms with Crippen LogP contribution in [-0.2, 0) is 12.6 Å². The van der Waals surface area contributed by atoms with Crippen molar-refractivity contribution in [2.45, 2.75) is 38.8 Å². The van der Waals surface area contributed by atoms with E-state index in [2.05, 4.69) is 4.98 Å². The molecule has 1 fully saturated rings. The molecule has 1 unspecified atom stereocenters. The van der Waals surface area contributed by atoms with Gasteiger partial charge in [-0.15, -0.1) is 11.3 Å². The molecule has 1 atom stereocenters. The lowest BCUT2D eigenvalue weighted by molar-refractivity contribution is -0.138. The summed E-state index contributed by atoms with van der Waals surface area (Å²) in [6, 6.07) is 5.75. The SMILES string of the molecule is Cc1nc(C(=O)N2CCCC(CCc3ccccc3C(F)(F)F)C2)cs1. The highest BCUT2D eigenvalue weighted by molar-refractivity contribution is 7.09. The van der Waals surface area contributed by atoms with Crippen molar-refractivity contribution in [1.82, 2.24) is 9.88 Å². The van der Waals surface area contributed by atoms with E-state index in [1.165, 1.54) is 17.4 Å². The lowest BCUT2D eigenvalue weighted by atomic mass is 9.90. The van der Waals surface area contributed by atoms with Gasteiger partial charge in [-0.3, -0.25) is 4.79 Å². The molecule has 0 radical (unpaired) electrons. The molecule has 1 aromatic carbocycles. The molecule has 2 aromatic rings. The molecule has 1 saturated heterocycles. The van der Waals surface area contributed by atoms with E-state index in [0.717, 1.165) is 23.9 Å². The van der Waals surface area contributed by atoms with Crippen molar-refractivity contribution in [3.05, 3.63) is 51.5 Å². The quantitative estimate of drug-likeness (QED) is 0.749. The minimum atomic E-state index is -4.33. The van der Waals surface area contributed by atoms with Gasteiger partial charge in [0.1, 0.15) is 5.69 Å². The number of alkyl halides is 3. The summed E-state index contributed by atoms with van der Waals surface area (Å²) in [7, 11) is 0. The van der Waals surface area contributed by atoms with Crippen LogP contribution in [0, 0.1) is 12.8 Å². The molecule has 2 heterocycles. The highest BCUT2D eigenvalue weighted by Gasteiger charge is 2.33. The van der Waals surface area contributed by atoms with Crippen molar-refractivity contribution >= 4 is 17.2 Å². The summed E-state index contributed by atoms with van der Waals surface area (Å²) in [5.41, 5.74) is 0.246. The minimum Gasteiger partial charge on any atom is -0.337 e. The Hall–Kier alpha value is -1.89. The Morgan fingerprint density at radius 2 is 2.12 bits per heavy atom. The molecule has 0 aliphatic carbocycles. The average Bonchev–Trinajstić information content (AvgIpc) is 3.05. The molecule has 1 aliphatic rings. The molecule has 3 nitrogen and oxygen atoms in total. The molecule has 140 valence electrons. The Morgan fingerprint density at radius 3 is 2.81 bits per heavy atom. The van der Waals surface area contributed by atoms with Crippen LogP contribution >= 0.6 is 11.3 Å². The third kappa shape index (κ3) is 4.44. The van der Waals surface area contributed by atoms with Crippen LogP contribution in [0.1, 0.15) is 45.9 Å². The van der Waals surface area contributed by atoms with E-state index in [0.29, 0.717) is 37.2 Å². The number of likely N-dealkylation sites (tertiary alicyclic amines) is 1. The summed E-state index contributed by atoms with van der Waals surface area (Å²) in [5, 5.41) is 2.62. The van der Waals surface area contributed by atoms with Gasteiger partial charge in [0.25, 0.3) is 5.91 Å². The number of carbonyl (C=O) groups is 1. The molecule has 0 saturated carbocycles. The fraction of sp³-hybridized carbons (Fsp3) is 0.474. The van der Waals surface area contributed by atoms with Gasteiger partial charge in [-0.25, -0.2) is 4.98 Å². The van der Waals surface area contributed by atoms with Gasteiger partial charge in [0.2, 0.25) is 0 Å². The molecule has 1 amide bonds. The number of rotatable bonds is 4. The normalized spacial score (nSPS) is 18.2. The lowest BCUT2D eigenvalue weighted by Crippen LogP contribution is -2.40. The van der Waals surface area contributed by atoms with E-state index < -0.39 is 11.7 Å². The molecular formula is C19H21F3N2OS. The first-order valence-electron chi connectivity index (χ1n) is 8.71. The average molecular weight is 382 g/mol. The number of carbonyl (C=O) groups excluding carboxylic acids is 1. The second-order valence-electron chi connectivity index (χ2n) is 6.70. The zero-order chi connectivity index (χ0) is 18.7. The van der Waals surface area contributed by atoms with E-state index in [-0.39, 0.29) is 11.8 Å². The summed E-state index contributed by atoms with van der Waals surface area (Å²) >= 11 is 1.44. The lowest BCUT2D eigenvalue weighted by Gasteiger charge is -2.32. The molecule has 0 bridgehead atoms. The number of thiazole rings is 1. The van der Waals surface area contributed by atoms with E-state index >= 15 is 0 Å². The second kappa shape index (κ2) is 7.78. The van der Waals surface area contributed by atoms with E-state index in [9.17, 15) is 18.0 Å². The molecule has 0 spiro atoms. The zero-order valence-electron chi connectivity index (χ0n) is 14.6. The smallest absolute Gasteiger partial charge is 0.337 e. The number of hydrogen-bond donors (Lipinski definition) is 0. The number of halogens is 3. The van der Waals surface area contributed by atoms with Crippen molar-refractivity contribution in [2.24, 2.45) is 5.92 Å². The van der Waals surface area contributed by atoms with E-state index in [4.69, 9.17) is 0 Å². The fourth-order valence-electron chi connectivity index (χ4n) is 3.48. The fourth-order valence-corrected chi connectivity index (χ4v) is 4.07. The molecule has 1 aliphatic heterocycles. The number of nitrogens with zero attached hydrogens (tertiary/aromatic N) is 2. The van der Waals surface area contributed by atoms with Gasteiger partial charge in [0.15, 0.2) is 0 Å². The third-order valence-electron chi connectivity index (χ3n) is 4.79. The van der Waals surface area contributed by atoms with Gasteiger partial charge < -0.3 is 4.90 Å². The van der Waals surface area contributed by atoms with Gasteiger partial charge in [-0.05, 0) is 50.2 Å². The molecule has 1 aromatic heterocycles. The van der Waals surface area contributed by atoms with Gasteiger partial charge in [0, 0.05) is 18.5 Å². The number of piperidine rings is 1. The van der Waals surface area contributed by atoms with E-state index in [1.54, 1.807) is 22.4 Å². The number of hydrogen-bond acceptors (Lipinski definition) is 3. The van der Waals surface area contributed by atoms with Crippen LogP contribution in [-0.4, -0.2) is 28.9 Å². The van der Waals surface area contributed by atoms with Crippen LogP contribution in [0.5, 0.6) is 0 Å². The molecule has 26 heavy (non-hydrogen) atoms. The standard InChI is InChI=1S/C19H21F3N2OS/c1-13-23-17(12-26-13)18(25)24-10-4-5-14(11-24)8-9-15-6-2-3-7-16(15)19(20,21)22/h2-3,6-7,12,14H,4-5,8-11H2,1H3. The van der Waals surface area contributed by atoms with Crippen LogP contribution < -0.4 is 0 Å². The second-order valence-corrected chi connectivity index (χ2v) is 7.77. The maximum atomic E-state index is 13.1. The summed E-state index contributed by atoms with van der Waals surface area (Å²) in [6.07, 6.45) is -1.49. The van der Waals surface area contributed by atoms with Crippen molar-refractivity contribution in [3.63, 3.8) is 0 Å². The number of aryl methyl sites for hydroxylation is 2. The maximum Gasteiger partial charge on any atom is 0.416 e. The zero-order valence-corrected chi connectivity index (χ0v) is 15.4. The summed E-state index contributed by atoms with van der Waals surface area (Å²) in [5.74, 6) is 0.142. The van der Waals surface area contributed by atoms with Crippen LogP contribution in [0.2, 0.25) is 0 Å². The largest absolute Gasteiger partial charge is 0.416 e. The summed E-state index contributed by atoms with van der Waals surface area (Å²) in [4.78, 5) is 18.6. The van der Waals surface area contributed by atoms with Gasteiger partial charge in [-0.2, -0.15) is 13.2 Å². The Balaban J connectivity index is 1.62. The van der Waals surface area contributed by atoms with Gasteiger partial charge in [-0.1, -0.05) is 18.2 Å². The number of aromatic nitrogens is 1. The van der Waals surface area contributed by atoms with Gasteiger partial charge in [0.05, 0.1) is 10.6 Å². The Kier molecular flexibility index (Phi) is 5.65. The predicted octanol–water partition coefficient (Wildman–Crippen LogP) is 4.96. The summed E-state index contributed by atoms with van der Waals surface area (Å²) in [6.45, 7) is 3.13. The van der Waals surface area contributed by atoms with Crippen molar-refractivity contribution in [1.29, 1.82) is 0 Å². The number of amides is 1. The molecule has 7 heteroatoms. The van der Waals surface area contributed by atoms with Crippen molar-refractivity contribution in [3.8, 4) is 0 Å². The van der Waals surface area contributed by atoms with Crippen LogP contribution in [0.3, 0.4) is 0 Å². The first kappa shape index (κ1) is 18.9. The Morgan fingerprint density at radius 1 is 1.35 bits per heavy atom. The Labute approximate surface area is 154 Å². The van der Waals surface area contributed by atoms with Crippen molar-refractivity contribution < 1.29 is 18.0 Å². The van der Waals surface area contributed by atoms with Crippen LogP contribution in [0.15, 0.2) is 29.6 Å². The van der Waals surface area contributed by atoms with Crippen LogP contribution in [0.4, 0.5) is 13.2 Å². The molecule has 3 rings (SSSR count). The third-order valence-corrected chi connectivity index (χ3v) is 5.56. The van der Waals surface area contributed by atoms with Crippen LogP contribution in [0.25, 0.3) is 0 Å². The van der Waals surface area contributed by atoms with Gasteiger partial charge >= 0.3 is 6.18 Å². The molecular weight excluding hydrogens is 361 g/mol. The first-order valence-corrected chi connectivity index (χ1v) is 9.59. The minimum absolute atomic E-state index is 0.0743. The molecule has 0 N–H and O–H groups in total. The topological polar surface area (TPSA) is 33.2 Å². The highest BCUT2D eigenvalue weighted by Crippen LogP contribution is 2.33. The predicted molar refractivity (Wildman–Crippen MR) is 95.2 cm³/mol. The number of benzene rings is 1. The summed E-state index contributed by atoms with van der Waals surface area (Å²) < 4.78 is 39.3. The first-order chi connectivity index (χ1) is 12.3. The maximum absolute atomic E-state index is 13.1. The monoisotopic (exact) mass is 382 g/mol. The van der Waals surface area contributed by atoms with E-state index in [1.807, 2.05) is 6.92 Å². The van der Waals surface area contributed by atoms with Crippen molar-refractivity contribution in [2.75, 3.05) is 13.1 Å². The Bertz CT molecular complexity index is 772.